The first-order valence-corrected chi connectivity index (χ1v) is 9.04. The number of rotatable bonds is 4. The number of thiazole rings is 1. The van der Waals surface area contributed by atoms with E-state index in [0.717, 1.165) is 33.2 Å². The second kappa shape index (κ2) is 6.72. The maximum absolute atomic E-state index is 13.1. The molecule has 0 radical (unpaired) electrons. The topological polar surface area (TPSA) is 46.4 Å². The van der Waals surface area contributed by atoms with Gasteiger partial charge in [-0.1, -0.05) is 12.1 Å². The van der Waals surface area contributed by atoms with Gasteiger partial charge in [0.2, 0.25) is 5.91 Å². The van der Waals surface area contributed by atoms with Gasteiger partial charge in [0.1, 0.15) is 5.82 Å². The average Bonchev–Trinajstić information content (AvgIpc) is 3.18. The van der Waals surface area contributed by atoms with Crippen LogP contribution in [0.2, 0.25) is 0 Å². The predicted molar refractivity (Wildman–Crippen MR) is 102 cm³/mol. The lowest BCUT2D eigenvalue weighted by atomic mass is 10.2. The molecule has 1 amide bonds. The largest absolute Gasteiger partial charge is 0.326 e. The van der Waals surface area contributed by atoms with Crippen LogP contribution in [0.3, 0.4) is 0 Å². The third-order valence-corrected chi connectivity index (χ3v) is 4.96. The number of imidazole rings is 1. The summed E-state index contributed by atoms with van der Waals surface area (Å²) in [4.78, 5) is 17.7. The Morgan fingerprint density at radius 1 is 1.23 bits per heavy atom. The van der Waals surface area contributed by atoms with Gasteiger partial charge in [-0.3, -0.25) is 9.20 Å². The highest BCUT2D eigenvalue weighted by Crippen LogP contribution is 2.24. The van der Waals surface area contributed by atoms with Crippen LogP contribution in [0.25, 0.3) is 16.2 Å². The SMILES string of the molecule is Cc1cccc(NC(=O)Cc2csc3nc(-c4ccc(F)cc4)cn23)c1. The van der Waals surface area contributed by atoms with E-state index < -0.39 is 0 Å². The van der Waals surface area contributed by atoms with Crippen molar-refractivity contribution in [1.82, 2.24) is 9.38 Å². The molecule has 0 saturated carbocycles. The summed E-state index contributed by atoms with van der Waals surface area (Å²) in [6, 6.07) is 13.9. The lowest BCUT2D eigenvalue weighted by molar-refractivity contribution is -0.115. The Labute approximate surface area is 153 Å². The molecule has 0 fully saturated rings. The number of fused-ring (bicyclic) bond motifs is 1. The summed E-state index contributed by atoms with van der Waals surface area (Å²) in [7, 11) is 0. The molecule has 0 unspecified atom stereocenters. The van der Waals surface area contributed by atoms with Crippen molar-refractivity contribution in [2.45, 2.75) is 13.3 Å². The smallest absolute Gasteiger partial charge is 0.230 e. The van der Waals surface area contributed by atoms with Gasteiger partial charge < -0.3 is 5.32 Å². The van der Waals surface area contributed by atoms with Gasteiger partial charge in [-0.2, -0.15) is 0 Å². The molecule has 26 heavy (non-hydrogen) atoms. The highest BCUT2D eigenvalue weighted by Gasteiger charge is 2.13. The molecule has 2 aromatic carbocycles. The maximum Gasteiger partial charge on any atom is 0.230 e. The number of hydrogen-bond acceptors (Lipinski definition) is 3. The van der Waals surface area contributed by atoms with Gasteiger partial charge in [-0.05, 0) is 48.9 Å². The molecule has 4 nitrogen and oxygen atoms in total. The van der Waals surface area contributed by atoms with E-state index in [1.54, 1.807) is 12.1 Å². The van der Waals surface area contributed by atoms with Crippen molar-refractivity contribution in [2.75, 3.05) is 5.32 Å². The second-order valence-corrected chi connectivity index (χ2v) is 6.94. The van der Waals surface area contributed by atoms with Crippen molar-refractivity contribution in [3.8, 4) is 11.3 Å². The number of nitrogens with one attached hydrogen (secondary N) is 1. The minimum atomic E-state index is -0.275. The van der Waals surface area contributed by atoms with Gasteiger partial charge in [-0.25, -0.2) is 9.37 Å². The van der Waals surface area contributed by atoms with E-state index in [1.165, 1.54) is 23.5 Å². The van der Waals surface area contributed by atoms with Crippen LogP contribution in [0.15, 0.2) is 60.1 Å². The first kappa shape index (κ1) is 16.5. The highest BCUT2D eigenvalue weighted by atomic mass is 32.1. The molecule has 0 bridgehead atoms. The Morgan fingerprint density at radius 2 is 2.04 bits per heavy atom. The average molecular weight is 365 g/mol. The summed E-state index contributed by atoms with van der Waals surface area (Å²) >= 11 is 1.48. The quantitative estimate of drug-likeness (QED) is 0.570. The first-order chi connectivity index (χ1) is 12.6. The van der Waals surface area contributed by atoms with E-state index in [0.29, 0.717) is 0 Å². The predicted octanol–water partition coefficient (Wildman–Crippen LogP) is 4.69. The Kier molecular flexibility index (Phi) is 4.26. The van der Waals surface area contributed by atoms with Gasteiger partial charge in [0, 0.05) is 28.5 Å². The van der Waals surface area contributed by atoms with E-state index >= 15 is 0 Å². The van der Waals surface area contributed by atoms with Crippen LogP contribution in [-0.4, -0.2) is 15.3 Å². The minimum absolute atomic E-state index is 0.0765. The summed E-state index contributed by atoms with van der Waals surface area (Å²) < 4.78 is 15.0. The lowest BCUT2D eigenvalue weighted by Gasteiger charge is -2.05. The molecule has 2 heterocycles. The van der Waals surface area contributed by atoms with E-state index in [9.17, 15) is 9.18 Å². The fraction of sp³-hybridized carbons (Fsp3) is 0.100. The van der Waals surface area contributed by atoms with E-state index in [4.69, 9.17) is 0 Å². The first-order valence-electron chi connectivity index (χ1n) is 8.16. The number of carbonyl (C=O) groups excluding carboxylic acids is 1. The zero-order valence-electron chi connectivity index (χ0n) is 14.1. The highest BCUT2D eigenvalue weighted by molar-refractivity contribution is 7.15. The third-order valence-electron chi connectivity index (χ3n) is 4.07. The molecule has 1 N–H and O–H groups in total. The molecule has 0 spiro atoms. The normalized spacial score (nSPS) is 11.0. The molecule has 2 aromatic heterocycles. The monoisotopic (exact) mass is 365 g/mol. The number of carbonyl (C=O) groups is 1. The number of aryl methyl sites for hydroxylation is 1. The van der Waals surface area contributed by atoms with Crippen molar-refractivity contribution in [3.63, 3.8) is 0 Å². The Morgan fingerprint density at radius 3 is 2.81 bits per heavy atom. The van der Waals surface area contributed by atoms with Crippen LogP contribution >= 0.6 is 11.3 Å². The Hall–Kier alpha value is -2.99. The summed E-state index contributed by atoms with van der Waals surface area (Å²) in [6.07, 6.45) is 2.14. The standard InChI is InChI=1S/C20H16FN3OS/c1-13-3-2-4-16(9-13)22-19(25)10-17-12-26-20-23-18(11-24(17)20)14-5-7-15(21)8-6-14/h2-9,11-12H,10H2,1H3,(H,22,25). The molecule has 0 saturated heterocycles. The molecule has 130 valence electrons. The summed E-state index contributed by atoms with van der Waals surface area (Å²) in [6.45, 7) is 1.99. The molecule has 4 aromatic rings. The number of hydrogen-bond donors (Lipinski definition) is 1. The van der Waals surface area contributed by atoms with Gasteiger partial charge in [-0.15, -0.1) is 11.3 Å². The number of nitrogens with zero attached hydrogens (tertiary/aromatic N) is 2. The van der Waals surface area contributed by atoms with Crippen LogP contribution in [-0.2, 0) is 11.2 Å². The Bertz CT molecular complexity index is 1080. The fourth-order valence-corrected chi connectivity index (χ4v) is 3.68. The van der Waals surface area contributed by atoms with Crippen molar-refractivity contribution in [2.24, 2.45) is 0 Å². The van der Waals surface area contributed by atoms with Crippen LogP contribution < -0.4 is 5.32 Å². The van der Waals surface area contributed by atoms with Gasteiger partial charge in [0.15, 0.2) is 4.96 Å². The zero-order valence-corrected chi connectivity index (χ0v) is 14.9. The molecule has 0 aliphatic heterocycles. The van der Waals surface area contributed by atoms with E-state index in [-0.39, 0.29) is 18.1 Å². The molecule has 4 rings (SSSR count). The van der Waals surface area contributed by atoms with E-state index in [2.05, 4.69) is 10.3 Å². The molecule has 0 atom stereocenters. The van der Waals surface area contributed by atoms with Crippen LogP contribution in [0.4, 0.5) is 10.1 Å². The second-order valence-electron chi connectivity index (χ2n) is 6.11. The van der Waals surface area contributed by atoms with Crippen molar-refractivity contribution < 1.29 is 9.18 Å². The van der Waals surface area contributed by atoms with Crippen molar-refractivity contribution in [3.05, 3.63) is 77.2 Å². The molecule has 0 aliphatic rings. The Balaban J connectivity index is 1.55. The summed E-state index contributed by atoms with van der Waals surface area (Å²) in [5.74, 6) is -0.351. The molecular weight excluding hydrogens is 349 g/mol. The summed E-state index contributed by atoms with van der Waals surface area (Å²) in [5.41, 5.74) is 4.36. The van der Waals surface area contributed by atoms with Crippen molar-refractivity contribution >= 4 is 27.9 Å². The van der Waals surface area contributed by atoms with Crippen molar-refractivity contribution in [1.29, 1.82) is 0 Å². The van der Waals surface area contributed by atoms with Gasteiger partial charge in [0.05, 0.1) is 12.1 Å². The number of halogens is 1. The zero-order chi connectivity index (χ0) is 18.1. The van der Waals surface area contributed by atoms with E-state index in [1.807, 2.05) is 47.2 Å². The number of aromatic nitrogens is 2. The van der Waals surface area contributed by atoms with Crippen LogP contribution in [0.5, 0.6) is 0 Å². The van der Waals surface area contributed by atoms with Crippen LogP contribution in [0, 0.1) is 12.7 Å². The molecule has 6 heteroatoms. The fourth-order valence-electron chi connectivity index (χ4n) is 2.81. The minimum Gasteiger partial charge on any atom is -0.326 e. The molecular formula is C20H16FN3OS. The lowest BCUT2D eigenvalue weighted by Crippen LogP contribution is -2.15. The maximum atomic E-state index is 13.1. The van der Waals surface area contributed by atoms with Gasteiger partial charge >= 0.3 is 0 Å². The van der Waals surface area contributed by atoms with Crippen LogP contribution in [0.1, 0.15) is 11.3 Å². The summed E-state index contributed by atoms with van der Waals surface area (Å²) in [5, 5.41) is 4.86. The molecule has 0 aliphatic carbocycles. The van der Waals surface area contributed by atoms with Gasteiger partial charge in [0.25, 0.3) is 0 Å². The number of anilines is 1. The number of amides is 1. The number of benzene rings is 2. The third kappa shape index (κ3) is 3.36.